The van der Waals surface area contributed by atoms with E-state index < -0.39 is 0 Å². The molecule has 4 aromatic rings. The number of benzene rings is 3. The van der Waals surface area contributed by atoms with Gasteiger partial charge in [0.05, 0.1) is 15.6 Å². The molecule has 0 aliphatic carbocycles. The summed E-state index contributed by atoms with van der Waals surface area (Å²) < 4.78 is 5.99. The van der Waals surface area contributed by atoms with Crippen molar-refractivity contribution in [1.29, 1.82) is 0 Å². The fourth-order valence-electron chi connectivity index (χ4n) is 3.68. The van der Waals surface area contributed by atoms with E-state index >= 15 is 0 Å². The Hall–Kier alpha value is -3.25. The average Bonchev–Trinajstić information content (AvgIpc) is 3.45. The van der Waals surface area contributed by atoms with Crippen molar-refractivity contribution in [3.8, 4) is 11.3 Å². The highest BCUT2D eigenvalue weighted by Crippen LogP contribution is 2.36. The Labute approximate surface area is 217 Å². The molecule has 7 heteroatoms. The van der Waals surface area contributed by atoms with E-state index in [1.807, 2.05) is 60.7 Å². The molecule has 2 heterocycles. The molecule has 0 atom stereocenters. The van der Waals surface area contributed by atoms with Crippen molar-refractivity contribution in [3.05, 3.63) is 117 Å². The molecule has 0 spiro atoms. The first-order valence-corrected chi connectivity index (χ1v) is 12.6. The summed E-state index contributed by atoms with van der Waals surface area (Å²) in [5, 5.41) is 1.75. The van der Waals surface area contributed by atoms with Gasteiger partial charge in [-0.1, -0.05) is 71.7 Å². The molecule has 174 valence electrons. The summed E-state index contributed by atoms with van der Waals surface area (Å²) in [4.78, 5) is 20.4. The van der Waals surface area contributed by atoms with Crippen LogP contribution in [0.2, 0.25) is 10.0 Å². The minimum absolute atomic E-state index is 0.0978. The highest BCUT2D eigenvalue weighted by molar-refractivity contribution is 8.18. The van der Waals surface area contributed by atoms with E-state index in [0.29, 0.717) is 43.7 Å². The molecule has 4 nitrogen and oxygen atoms in total. The van der Waals surface area contributed by atoms with Crippen molar-refractivity contribution in [2.24, 2.45) is 4.99 Å². The van der Waals surface area contributed by atoms with Crippen LogP contribution in [0.1, 0.15) is 11.3 Å². The fourth-order valence-corrected chi connectivity index (χ4v) is 5.07. The van der Waals surface area contributed by atoms with Gasteiger partial charge in [0, 0.05) is 23.2 Å². The van der Waals surface area contributed by atoms with Crippen molar-refractivity contribution in [1.82, 2.24) is 4.90 Å². The van der Waals surface area contributed by atoms with Gasteiger partial charge in [0.2, 0.25) is 0 Å². The molecular weight excluding hydrogens is 499 g/mol. The molecule has 35 heavy (non-hydrogen) atoms. The molecule has 1 aromatic heterocycles. The highest BCUT2D eigenvalue weighted by Gasteiger charge is 2.33. The Bertz CT molecular complexity index is 1420. The molecule has 5 rings (SSSR count). The quantitative estimate of drug-likeness (QED) is 0.242. The molecule has 1 saturated heterocycles. The molecule has 0 unspecified atom stereocenters. The predicted octanol–water partition coefficient (Wildman–Crippen LogP) is 8.10. The topological polar surface area (TPSA) is 45.8 Å². The van der Waals surface area contributed by atoms with Crippen LogP contribution < -0.4 is 0 Å². The van der Waals surface area contributed by atoms with Gasteiger partial charge in [-0.05, 0) is 66.2 Å². The molecule has 3 aromatic carbocycles. The number of hydrogen-bond acceptors (Lipinski definition) is 4. The summed E-state index contributed by atoms with van der Waals surface area (Å²) in [6.45, 7) is 0.528. The van der Waals surface area contributed by atoms with E-state index in [1.165, 1.54) is 11.8 Å². The number of aliphatic imine (C=N–C) groups is 1. The van der Waals surface area contributed by atoms with Crippen LogP contribution in [0.25, 0.3) is 17.4 Å². The molecule has 1 fully saturated rings. The summed E-state index contributed by atoms with van der Waals surface area (Å²) >= 11 is 13.8. The molecule has 0 N–H and O–H groups in total. The van der Waals surface area contributed by atoms with Crippen LogP contribution >= 0.6 is 35.0 Å². The van der Waals surface area contributed by atoms with E-state index in [-0.39, 0.29) is 5.91 Å². The number of furan rings is 1. The summed E-state index contributed by atoms with van der Waals surface area (Å²) in [5.41, 5.74) is 2.66. The third-order valence-electron chi connectivity index (χ3n) is 5.43. The van der Waals surface area contributed by atoms with Crippen LogP contribution in [0.4, 0.5) is 5.69 Å². The summed E-state index contributed by atoms with van der Waals surface area (Å²) in [6.07, 6.45) is 2.48. The number of amides is 1. The van der Waals surface area contributed by atoms with Gasteiger partial charge < -0.3 is 4.42 Å². The molecule has 0 bridgehead atoms. The fraction of sp³-hybridized carbons (Fsp3) is 0.0714. The number of carbonyl (C=O) groups is 1. The van der Waals surface area contributed by atoms with Crippen molar-refractivity contribution < 1.29 is 9.21 Å². The van der Waals surface area contributed by atoms with E-state index in [1.54, 1.807) is 29.2 Å². The zero-order valence-electron chi connectivity index (χ0n) is 18.5. The minimum Gasteiger partial charge on any atom is -0.457 e. The van der Waals surface area contributed by atoms with Gasteiger partial charge in [0.25, 0.3) is 5.91 Å². The SMILES string of the molecule is O=C1/C(=C\c2ccc(-c3cc(Cl)ccc3Cl)o2)SC(=Nc2ccccc2)N1CCc1ccccc1. The monoisotopic (exact) mass is 518 g/mol. The van der Waals surface area contributed by atoms with E-state index in [4.69, 9.17) is 32.6 Å². The second-order valence-electron chi connectivity index (χ2n) is 7.86. The first kappa shape index (κ1) is 23.5. The predicted molar refractivity (Wildman–Crippen MR) is 145 cm³/mol. The first-order valence-electron chi connectivity index (χ1n) is 11.0. The maximum atomic E-state index is 13.4. The average molecular weight is 519 g/mol. The van der Waals surface area contributed by atoms with Crippen LogP contribution in [0.5, 0.6) is 0 Å². The number of rotatable bonds is 6. The standard InChI is InChI=1S/C28H20Cl2N2O2S/c29-20-11-13-24(30)23(17-20)25-14-12-22(34-25)18-26-27(33)32(16-15-19-7-3-1-4-8-19)28(35-26)31-21-9-5-2-6-10-21/h1-14,17-18H,15-16H2/b26-18+,31-28?. The molecule has 1 amide bonds. The summed E-state index contributed by atoms with van der Waals surface area (Å²) in [7, 11) is 0. The smallest absolute Gasteiger partial charge is 0.266 e. The number of hydrogen-bond donors (Lipinski definition) is 0. The number of para-hydroxylation sites is 1. The molecule has 0 radical (unpaired) electrons. The number of amidine groups is 1. The van der Waals surface area contributed by atoms with Gasteiger partial charge in [-0.15, -0.1) is 0 Å². The lowest BCUT2D eigenvalue weighted by atomic mass is 10.1. The number of halogens is 2. The van der Waals surface area contributed by atoms with Crippen molar-refractivity contribution in [3.63, 3.8) is 0 Å². The van der Waals surface area contributed by atoms with E-state index in [9.17, 15) is 4.79 Å². The Morgan fingerprint density at radius 1 is 0.914 bits per heavy atom. The van der Waals surface area contributed by atoms with Crippen LogP contribution in [0.3, 0.4) is 0 Å². The lowest BCUT2D eigenvalue weighted by Crippen LogP contribution is -2.31. The van der Waals surface area contributed by atoms with Gasteiger partial charge >= 0.3 is 0 Å². The largest absolute Gasteiger partial charge is 0.457 e. The van der Waals surface area contributed by atoms with Crippen molar-refractivity contribution in [2.45, 2.75) is 6.42 Å². The zero-order valence-corrected chi connectivity index (χ0v) is 20.9. The Morgan fingerprint density at radius 2 is 1.66 bits per heavy atom. The minimum atomic E-state index is -0.0978. The van der Waals surface area contributed by atoms with Crippen LogP contribution in [-0.4, -0.2) is 22.5 Å². The molecule has 1 aliphatic heterocycles. The third kappa shape index (κ3) is 5.54. The maximum absolute atomic E-state index is 13.4. The number of thioether (sulfide) groups is 1. The zero-order chi connectivity index (χ0) is 24.2. The van der Waals surface area contributed by atoms with Crippen molar-refractivity contribution >= 4 is 57.8 Å². The highest BCUT2D eigenvalue weighted by atomic mass is 35.5. The third-order valence-corrected chi connectivity index (χ3v) is 7.00. The molecule has 1 aliphatic rings. The lowest BCUT2D eigenvalue weighted by Gasteiger charge is -2.15. The second-order valence-corrected chi connectivity index (χ2v) is 9.71. The lowest BCUT2D eigenvalue weighted by molar-refractivity contribution is -0.122. The number of nitrogens with zero attached hydrogens (tertiary/aromatic N) is 2. The molecule has 0 saturated carbocycles. The summed E-state index contributed by atoms with van der Waals surface area (Å²) in [5.74, 6) is 1.04. The van der Waals surface area contributed by atoms with Crippen LogP contribution in [-0.2, 0) is 11.2 Å². The van der Waals surface area contributed by atoms with E-state index in [0.717, 1.165) is 17.7 Å². The Balaban J connectivity index is 1.43. The Morgan fingerprint density at radius 3 is 2.43 bits per heavy atom. The van der Waals surface area contributed by atoms with E-state index in [2.05, 4.69) is 12.1 Å². The second kappa shape index (κ2) is 10.6. The van der Waals surface area contributed by atoms with Crippen LogP contribution in [0.15, 0.2) is 105 Å². The van der Waals surface area contributed by atoms with Gasteiger partial charge in [-0.2, -0.15) is 0 Å². The van der Waals surface area contributed by atoms with Gasteiger partial charge in [0.1, 0.15) is 11.5 Å². The molecular formula is C28H20Cl2N2O2S. The first-order chi connectivity index (χ1) is 17.1. The van der Waals surface area contributed by atoms with Gasteiger partial charge in [0.15, 0.2) is 5.17 Å². The summed E-state index contributed by atoms with van der Waals surface area (Å²) in [6, 6.07) is 28.6. The number of carbonyl (C=O) groups excluding carboxylic acids is 1. The normalized spacial score (nSPS) is 15.9. The maximum Gasteiger partial charge on any atom is 0.266 e. The Kier molecular flexibility index (Phi) is 7.09. The van der Waals surface area contributed by atoms with Crippen LogP contribution in [0, 0.1) is 0 Å². The van der Waals surface area contributed by atoms with Crippen molar-refractivity contribution in [2.75, 3.05) is 6.54 Å². The van der Waals surface area contributed by atoms with Gasteiger partial charge in [-0.25, -0.2) is 4.99 Å². The van der Waals surface area contributed by atoms with Gasteiger partial charge in [-0.3, -0.25) is 9.69 Å².